The number of unbranched alkanes of at least 4 members (excludes halogenated alkanes) is 1. The Morgan fingerprint density at radius 3 is 2.55 bits per heavy atom. The molecule has 1 aliphatic carbocycles. The maximum atomic E-state index is 9.42. The van der Waals surface area contributed by atoms with Gasteiger partial charge in [0.05, 0.1) is 6.10 Å². The Morgan fingerprint density at radius 1 is 1.55 bits per heavy atom. The van der Waals surface area contributed by atoms with Crippen LogP contribution >= 0.6 is 11.8 Å². The molecule has 0 bridgehead atoms. The van der Waals surface area contributed by atoms with Crippen molar-refractivity contribution in [3.63, 3.8) is 0 Å². The van der Waals surface area contributed by atoms with Crippen molar-refractivity contribution in [2.24, 2.45) is 0 Å². The van der Waals surface area contributed by atoms with Crippen molar-refractivity contribution < 1.29 is 5.11 Å². The number of aliphatic hydroxyl groups excluding tert-OH is 1. The van der Waals surface area contributed by atoms with Crippen molar-refractivity contribution in [2.75, 3.05) is 5.75 Å². The summed E-state index contributed by atoms with van der Waals surface area (Å²) in [6.07, 6.45) is 4.89. The SMILES string of the molecule is CCCCSC1(C(C)O)CC1. The van der Waals surface area contributed by atoms with Gasteiger partial charge in [0.25, 0.3) is 0 Å². The Bertz CT molecular complexity index is 119. The third-order valence-electron chi connectivity index (χ3n) is 2.39. The third kappa shape index (κ3) is 2.38. The molecule has 0 saturated heterocycles. The summed E-state index contributed by atoms with van der Waals surface area (Å²) in [5, 5.41) is 9.42. The number of hydrogen-bond acceptors (Lipinski definition) is 2. The van der Waals surface area contributed by atoms with Gasteiger partial charge in [-0.2, -0.15) is 11.8 Å². The summed E-state index contributed by atoms with van der Waals surface area (Å²) < 4.78 is 0.273. The van der Waals surface area contributed by atoms with Gasteiger partial charge in [0.1, 0.15) is 0 Å². The largest absolute Gasteiger partial charge is 0.392 e. The number of rotatable bonds is 5. The Morgan fingerprint density at radius 2 is 2.18 bits per heavy atom. The molecule has 0 heterocycles. The molecule has 1 nitrogen and oxygen atoms in total. The van der Waals surface area contributed by atoms with Gasteiger partial charge >= 0.3 is 0 Å². The molecule has 66 valence electrons. The maximum Gasteiger partial charge on any atom is 0.0658 e. The van der Waals surface area contributed by atoms with Crippen LogP contribution in [0.1, 0.15) is 39.5 Å². The summed E-state index contributed by atoms with van der Waals surface area (Å²) in [6, 6.07) is 0. The van der Waals surface area contributed by atoms with Crippen LogP contribution in [0.5, 0.6) is 0 Å². The van der Waals surface area contributed by atoms with E-state index in [2.05, 4.69) is 6.92 Å². The highest BCUT2D eigenvalue weighted by atomic mass is 32.2. The lowest BCUT2D eigenvalue weighted by Crippen LogP contribution is -2.21. The topological polar surface area (TPSA) is 20.2 Å². The Hall–Kier alpha value is 0.310. The summed E-state index contributed by atoms with van der Waals surface area (Å²) in [7, 11) is 0. The molecule has 0 amide bonds. The van der Waals surface area contributed by atoms with E-state index in [0.717, 1.165) is 0 Å². The van der Waals surface area contributed by atoms with Crippen LogP contribution in [-0.2, 0) is 0 Å². The van der Waals surface area contributed by atoms with Crippen molar-refractivity contribution in [3.8, 4) is 0 Å². The Balaban J connectivity index is 2.14. The lowest BCUT2D eigenvalue weighted by atomic mass is 10.3. The molecule has 1 fully saturated rings. The normalized spacial score (nSPS) is 23.2. The first-order valence-corrected chi connectivity index (χ1v) is 5.52. The van der Waals surface area contributed by atoms with E-state index in [1.807, 2.05) is 18.7 Å². The highest BCUT2D eigenvalue weighted by Crippen LogP contribution is 2.51. The van der Waals surface area contributed by atoms with E-state index in [4.69, 9.17) is 0 Å². The summed E-state index contributed by atoms with van der Waals surface area (Å²) in [5.74, 6) is 1.22. The molecule has 1 atom stereocenters. The molecule has 0 aromatic carbocycles. The van der Waals surface area contributed by atoms with Crippen LogP contribution in [0.15, 0.2) is 0 Å². The number of thioether (sulfide) groups is 1. The summed E-state index contributed by atoms with van der Waals surface area (Å²) in [4.78, 5) is 0. The highest BCUT2D eigenvalue weighted by molar-refractivity contribution is 8.01. The fourth-order valence-electron chi connectivity index (χ4n) is 1.23. The van der Waals surface area contributed by atoms with E-state index in [1.54, 1.807) is 0 Å². The molecule has 0 aliphatic heterocycles. The molecule has 1 N–H and O–H groups in total. The van der Waals surface area contributed by atoms with Crippen molar-refractivity contribution >= 4 is 11.8 Å². The minimum absolute atomic E-state index is 0.107. The van der Waals surface area contributed by atoms with E-state index in [-0.39, 0.29) is 10.9 Å². The fourth-order valence-corrected chi connectivity index (χ4v) is 2.70. The number of aliphatic hydroxyl groups is 1. The zero-order chi connectivity index (χ0) is 8.32. The Labute approximate surface area is 73.6 Å². The molecular weight excluding hydrogens is 156 g/mol. The van der Waals surface area contributed by atoms with Crippen LogP contribution in [-0.4, -0.2) is 21.7 Å². The first-order valence-electron chi connectivity index (χ1n) is 4.53. The second-order valence-electron chi connectivity index (χ2n) is 3.44. The first-order chi connectivity index (χ1) is 5.21. The van der Waals surface area contributed by atoms with Crippen LogP contribution < -0.4 is 0 Å². The minimum atomic E-state index is -0.107. The molecule has 0 aromatic rings. The van der Waals surface area contributed by atoms with Crippen molar-refractivity contribution in [1.82, 2.24) is 0 Å². The lowest BCUT2D eigenvalue weighted by molar-refractivity contribution is 0.184. The molecule has 0 aromatic heterocycles. The molecule has 1 rings (SSSR count). The lowest BCUT2D eigenvalue weighted by Gasteiger charge is -2.17. The molecular formula is C9H18OS. The first kappa shape index (κ1) is 9.40. The predicted molar refractivity (Wildman–Crippen MR) is 51.0 cm³/mol. The number of hydrogen-bond donors (Lipinski definition) is 1. The minimum Gasteiger partial charge on any atom is -0.392 e. The van der Waals surface area contributed by atoms with Crippen LogP contribution in [0.4, 0.5) is 0 Å². The molecule has 11 heavy (non-hydrogen) atoms. The van der Waals surface area contributed by atoms with Crippen molar-refractivity contribution in [2.45, 2.75) is 50.4 Å². The monoisotopic (exact) mass is 174 g/mol. The van der Waals surface area contributed by atoms with E-state index in [1.165, 1.54) is 31.4 Å². The van der Waals surface area contributed by atoms with Crippen molar-refractivity contribution in [1.29, 1.82) is 0 Å². The van der Waals surface area contributed by atoms with Gasteiger partial charge in [-0.3, -0.25) is 0 Å². The van der Waals surface area contributed by atoms with E-state index >= 15 is 0 Å². The average molecular weight is 174 g/mol. The van der Waals surface area contributed by atoms with E-state index < -0.39 is 0 Å². The van der Waals surface area contributed by atoms with Gasteiger partial charge in [0, 0.05) is 4.75 Å². The standard InChI is InChI=1S/C9H18OS/c1-3-4-7-11-9(5-6-9)8(2)10/h8,10H,3-7H2,1-2H3. The van der Waals surface area contributed by atoms with Gasteiger partial charge in [-0.05, 0) is 31.9 Å². The molecule has 2 heteroatoms. The van der Waals surface area contributed by atoms with Gasteiger partial charge in [-0.15, -0.1) is 0 Å². The van der Waals surface area contributed by atoms with Crippen LogP contribution in [0.2, 0.25) is 0 Å². The quantitative estimate of drug-likeness (QED) is 0.646. The fraction of sp³-hybridized carbons (Fsp3) is 1.00. The predicted octanol–water partition coefficient (Wildman–Crippen LogP) is 2.43. The molecule has 1 aliphatic rings. The second-order valence-corrected chi connectivity index (χ2v) is 4.95. The summed E-state index contributed by atoms with van der Waals surface area (Å²) in [5.41, 5.74) is 0. The van der Waals surface area contributed by atoms with E-state index in [0.29, 0.717) is 0 Å². The zero-order valence-electron chi connectivity index (χ0n) is 7.47. The summed E-state index contributed by atoms with van der Waals surface area (Å²) >= 11 is 1.97. The van der Waals surface area contributed by atoms with Crippen LogP contribution in [0, 0.1) is 0 Å². The van der Waals surface area contributed by atoms with Crippen LogP contribution in [0.25, 0.3) is 0 Å². The molecule has 1 saturated carbocycles. The van der Waals surface area contributed by atoms with Gasteiger partial charge in [0.15, 0.2) is 0 Å². The zero-order valence-corrected chi connectivity index (χ0v) is 8.28. The maximum absolute atomic E-state index is 9.42. The average Bonchev–Trinajstić information content (AvgIpc) is 2.70. The van der Waals surface area contributed by atoms with Gasteiger partial charge in [0.2, 0.25) is 0 Å². The smallest absolute Gasteiger partial charge is 0.0658 e. The molecule has 0 spiro atoms. The Kier molecular flexibility index (Phi) is 3.26. The molecule has 0 radical (unpaired) electrons. The van der Waals surface area contributed by atoms with E-state index in [9.17, 15) is 5.11 Å². The van der Waals surface area contributed by atoms with Gasteiger partial charge in [-0.1, -0.05) is 13.3 Å². The van der Waals surface area contributed by atoms with Crippen LogP contribution in [0.3, 0.4) is 0 Å². The van der Waals surface area contributed by atoms with Gasteiger partial charge in [-0.25, -0.2) is 0 Å². The summed E-state index contributed by atoms with van der Waals surface area (Å²) in [6.45, 7) is 4.13. The van der Waals surface area contributed by atoms with Gasteiger partial charge < -0.3 is 5.11 Å². The highest BCUT2D eigenvalue weighted by Gasteiger charge is 2.46. The second kappa shape index (κ2) is 3.81. The molecule has 1 unspecified atom stereocenters. The third-order valence-corrected chi connectivity index (χ3v) is 4.21. The van der Waals surface area contributed by atoms with Crippen molar-refractivity contribution in [3.05, 3.63) is 0 Å².